The Hall–Kier alpha value is -0.830. The molecule has 0 saturated carbocycles. The fourth-order valence-corrected chi connectivity index (χ4v) is 1.96. The highest BCUT2D eigenvalue weighted by molar-refractivity contribution is 5.22. The number of nitrogens with zero attached hydrogens (tertiary/aromatic N) is 1. The van der Waals surface area contributed by atoms with Gasteiger partial charge in [0.2, 0.25) is 0 Å². The molecule has 3 heteroatoms. The highest BCUT2D eigenvalue weighted by Crippen LogP contribution is 2.12. The van der Waals surface area contributed by atoms with E-state index in [1.165, 1.54) is 24.1 Å². The Balaban J connectivity index is 2.40. The zero-order chi connectivity index (χ0) is 12.1. The van der Waals surface area contributed by atoms with Crippen LogP contribution in [0.15, 0.2) is 0 Å². The second kappa shape index (κ2) is 6.04. The van der Waals surface area contributed by atoms with Gasteiger partial charge in [0.25, 0.3) is 0 Å². The van der Waals surface area contributed by atoms with E-state index in [1.54, 1.807) is 0 Å². The molecule has 2 unspecified atom stereocenters. The van der Waals surface area contributed by atoms with Crippen molar-refractivity contribution in [2.75, 3.05) is 0 Å². The van der Waals surface area contributed by atoms with Gasteiger partial charge >= 0.3 is 0 Å². The normalized spacial score (nSPS) is 15.1. The molecule has 2 atom stereocenters. The van der Waals surface area contributed by atoms with E-state index in [0.29, 0.717) is 6.04 Å². The van der Waals surface area contributed by atoms with Gasteiger partial charge in [-0.15, -0.1) is 0 Å². The van der Waals surface area contributed by atoms with Crippen LogP contribution in [-0.2, 0) is 6.54 Å². The first-order valence-electron chi connectivity index (χ1n) is 6.28. The first kappa shape index (κ1) is 13.2. The standard InChI is InChI=1S/C13H25N3/c1-6-9(2)7-10(3)14-8-13-11(4)15-16-12(13)5/h9-10,14H,6-8H2,1-5H3,(H,15,16). The van der Waals surface area contributed by atoms with Gasteiger partial charge in [0.1, 0.15) is 0 Å². The fraction of sp³-hybridized carbons (Fsp3) is 0.769. The van der Waals surface area contributed by atoms with Gasteiger partial charge in [0, 0.05) is 23.8 Å². The minimum Gasteiger partial charge on any atom is -0.310 e. The van der Waals surface area contributed by atoms with Crippen LogP contribution in [-0.4, -0.2) is 16.2 Å². The van der Waals surface area contributed by atoms with Crippen LogP contribution in [0.4, 0.5) is 0 Å². The Morgan fingerprint density at radius 1 is 1.31 bits per heavy atom. The van der Waals surface area contributed by atoms with E-state index in [9.17, 15) is 0 Å². The van der Waals surface area contributed by atoms with Gasteiger partial charge < -0.3 is 5.32 Å². The summed E-state index contributed by atoms with van der Waals surface area (Å²) < 4.78 is 0. The summed E-state index contributed by atoms with van der Waals surface area (Å²) in [5.41, 5.74) is 3.61. The lowest BCUT2D eigenvalue weighted by atomic mass is 10.0. The molecule has 0 amide bonds. The predicted octanol–water partition coefficient (Wildman–Crippen LogP) is 2.94. The summed E-state index contributed by atoms with van der Waals surface area (Å²) in [5.74, 6) is 0.800. The summed E-state index contributed by atoms with van der Waals surface area (Å²) in [6.07, 6.45) is 2.50. The summed E-state index contributed by atoms with van der Waals surface area (Å²) in [7, 11) is 0. The first-order chi connectivity index (χ1) is 7.54. The van der Waals surface area contributed by atoms with E-state index in [0.717, 1.165) is 18.2 Å². The summed E-state index contributed by atoms with van der Waals surface area (Å²) in [6, 6.07) is 0.573. The maximum absolute atomic E-state index is 4.21. The van der Waals surface area contributed by atoms with Gasteiger partial charge in [-0.3, -0.25) is 5.10 Å². The number of rotatable bonds is 6. The van der Waals surface area contributed by atoms with Crippen molar-refractivity contribution < 1.29 is 0 Å². The van der Waals surface area contributed by atoms with Gasteiger partial charge in [-0.05, 0) is 33.1 Å². The second-order valence-corrected chi connectivity index (χ2v) is 4.94. The Bertz CT molecular complexity index is 297. The van der Waals surface area contributed by atoms with E-state index in [1.807, 2.05) is 0 Å². The van der Waals surface area contributed by atoms with Crippen LogP contribution in [0.25, 0.3) is 0 Å². The minimum absolute atomic E-state index is 0.573. The number of nitrogens with one attached hydrogen (secondary N) is 2. The van der Waals surface area contributed by atoms with Crippen molar-refractivity contribution in [1.29, 1.82) is 0 Å². The van der Waals surface area contributed by atoms with E-state index in [2.05, 4.69) is 50.1 Å². The molecule has 16 heavy (non-hydrogen) atoms. The number of aromatic amines is 1. The summed E-state index contributed by atoms with van der Waals surface area (Å²) in [4.78, 5) is 0. The molecule has 0 fully saturated rings. The average Bonchev–Trinajstić information content (AvgIpc) is 2.56. The SMILES string of the molecule is CCC(C)CC(C)NCc1c(C)n[nH]c1C. The number of hydrogen-bond donors (Lipinski definition) is 2. The number of aryl methyl sites for hydroxylation is 2. The number of H-pyrrole nitrogens is 1. The van der Waals surface area contributed by atoms with E-state index in [4.69, 9.17) is 0 Å². The van der Waals surface area contributed by atoms with Crippen LogP contribution in [0, 0.1) is 19.8 Å². The monoisotopic (exact) mass is 223 g/mol. The molecule has 1 heterocycles. The van der Waals surface area contributed by atoms with Crippen molar-refractivity contribution >= 4 is 0 Å². The molecule has 0 aliphatic heterocycles. The van der Waals surface area contributed by atoms with Crippen LogP contribution in [0.2, 0.25) is 0 Å². The lowest BCUT2D eigenvalue weighted by molar-refractivity contribution is 0.411. The van der Waals surface area contributed by atoms with Crippen LogP contribution in [0.1, 0.15) is 50.6 Å². The van der Waals surface area contributed by atoms with Crippen LogP contribution in [0.3, 0.4) is 0 Å². The molecule has 2 N–H and O–H groups in total. The highest BCUT2D eigenvalue weighted by Gasteiger charge is 2.09. The van der Waals surface area contributed by atoms with Crippen molar-refractivity contribution in [1.82, 2.24) is 15.5 Å². The van der Waals surface area contributed by atoms with Gasteiger partial charge in [-0.1, -0.05) is 20.3 Å². The lowest BCUT2D eigenvalue weighted by Crippen LogP contribution is -2.27. The zero-order valence-electron chi connectivity index (χ0n) is 11.2. The predicted molar refractivity (Wildman–Crippen MR) is 68.4 cm³/mol. The molecule has 1 rings (SSSR count). The molecule has 92 valence electrons. The second-order valence-electron chi connectivity index (χ2n) is 4.94. The highest BCUT2D eigenvalue weighted by atomic mass is 15.1. The molecule has 0 saturated heterocycles. The Labute approximate surface area is 99.0 Å². The molecule has 0 radical (unpaired) electrons. The largest absolute Gasteiger partial charge is 0.310 e. The smallest absolute Gasteiger partial charge is 0.0638 e. The molecule has 0 spiro atoms. The lowest BCUT2D eigenvalue weighted by Gasteiger charge is -2.17. The fourth-order valence-electron chi connectivity index (χ4n) is 1.96. The van der Waals surface area contributed by atoms with Gasteiger partial charge in [-0.25, -0.2) is 0 Å². The molecular weight excluding hydrogens is 198 g/mol. The van der Waals surface area contributed by atoms with Crippen molar-refractivity contribution in [2.45, 2.75) is 60.0 Å². The maximum Gasteiger partial charge on any atom is 0.0638 e. The van der Waals surface area contributed by atoms with Crippen molar-refractivity contribution in [3.8, 4) is 0 Å². The maximum atomic E-state index is 4.21. The van der Waals surface area contributed by atoms with Crippen LogP contribution in [0.5, 0.6) is 0 Å². The third kappa shape index (κ3) is 3.63. The number of aromatic nitrogens is 2. The van der Waals surface area contributed by atoms with Crippen molar-refractivity contribution in [2.24, 2.45) is 5.92 Å². The van der Waals surface area contributed by atoms with Crippen molar-refractivity contribution in [3.05, 3.63) is 17.0 Å². The first-order valence-corrected chi connectivity index (χ1v) is 6.28. The third-order valence-corrected chi connectivity index (χ3v) is 3.36. The minimum atomic E-state index is 0.573. The van der Waals surface area contributed by atoms with Gasteiger partial charge in [0.05, 0.1) is 5.69 Å². The summed E-state index contributed by atoms with van der Waals surface area (Å²) in [6.45, 7) is 11.9. The number of hydrogen-bond acceptors (Lipinski definition) is 2. The van der Waals surface area contributed by atoms with Gasteiger partial charge in [0.15, 0.2) is 0 Å². The molecule has 0 aliphatic carbocycles. The Kier molecular flexibility index (Phi) is 5.00. The van der Waals surface area contributed by atoms with Crippen LogP contribution < -0.4 is 5.32 Å². The van der Waals surface area contributed by atoms with Crippen LogP contribution >= 0.6 is 0 Å². The topological polar surface area (TPSA) is 40.7 Å². The molecule has 0 aliphatic rings. The van der Waals surface area contributed by atoms with Gasteiger partial charge in [-0.2, -0.15) is 5.10 Å². The average molecular weight is 223 g/mol. The van der Waals surface area contributed by atoms with Crippen molar-refractivity contribution in [3.63, 3.8) is 0 Å². The molecule has 1 aromatic rings. The Morgan fingerprint density at radius 3 is 2.50 bits per heavy atom. The molecular formula is C13H25N3. The zero-order valence-corrected chi connectivity index (χ0v) is 11.2. The molecule has 0 bridgehead atoms. The molecule has 1 aromatic heterocycles. The van der Waals surface area contributed by atoms with E-state index < -0.39 is 0 Å². The Morgan fingerprint density at radius 2 is 2.00 bits per heavy atom. The molecule has 0 aromatic carbocycles. The third-order valence-electron chi connectivity index (χ3n) is 3.36. The summed E-state index contributed by atoms with van der Waals surface area (Å²) >= 11 is 0. The van der Waals surface area contributed by atoms with E-state index >= 15 is 0 Å². The quantitative estimate of drug-likeness (QED) is 0.778. The summed E-state index contributed by atoms with van der Waals surface area (Å²) in [5, 5.41) is 10.8. The molecule has 3 nitrogen and oxygen atoms in total. The van der Waals surface area contributed by atoms with E-state index in [-0.39, 0.29) is 0 Å².